The van der Waals surface area contributed by atoms with E-state index in [4.69, 9.17) is 11.5 Å². The summed E-state index contributed by atoms with van der Waals surface area (Å²) in [6, 6.07) is 4.84. The van der Waals surface area contributed by atoms with E-state index in [1.165, 1.54) is 16.7 Å². The third-order valence-corrected chi connectivity index (χ3v) is 6.36. The molecule has 0 spiro atoms. The van der Waals surface area contributed by atoms with Crippen molar-refractivity contribution in [2.75, 3.05) is 18.6 Å². The molecule has 0 radical (unpaired) electrons. The topological polar surface area (TPSA) is 185 Å². The van der Waals surface area contributed by atoms with Crippen molar-refractivity contribution in [3.05, 3.63) is 35.9 Å². The number of amides is 4. The molecule has 1 aromatic rings. The number of nitrogens with one attached hydrogen (secondary N) is 2. The quantitative estimate of drug-likeness (QED) is 0.230. The summed E-state index contributed by atoms with van der Waals surface area (Å²) < 4.78 is 0. The zero-order valence-electron chi connectivity index (χ0n) is 19.6. The van der Waals surface area contributed by atoms with E-state index < -0.39 is 60.2 Å². The van der Waals surface area contributed by atoms with Gasteiger partial charge in [0.05, 0.1) is 12.5 Å². The number of hydrogen-bond acceptors (Lipinski definition) is 7. The summed E-state index contributed by atoms with van der Waals surface area (Å²) in [5.74, 6) is -3.28. The number of nitrogens with zero attached hydrogens (tertiary/aromatic N) is 1. The molecule has 1 heterocycles. The average Bonchev–Trinajstić information content (AvgIpc) is 3.31. The number of carbonyl (C=O) groups is 5. The minimum Gasteiger partial charge on any atom is -0.480 e. The van der Waals surface area contributed by atoms with Crippen molar-refractivity contribution in [1.29, 1.82) is 0 Å². The molecule has 0 aromatic heterocycles. The number of carbonyl (C=O) groups excluding carboxylic acids is 4. The smallest absolute Gasteiger partial charge is 0.326 e. The number of carboxylic acids is 1. The molecule has 35 heavy (non-hydrogen) atoms. The second-order valence-electron chi connectivity index (χ2n) is 8.40. The molecule has 2 rings (SSSR count). The number of likely N-dealkylation sites (tertiary alicyclic amines) is 1. The maximum Gasteiger partial charge on any atom is 0.326 e. The van der Waals surface area contributed by atoms with E-state index >= 15 is 0 Å². The summed E-state index contributed by atoms with van der Waals surface area (Å²) in [4.78, 5) is 63.2. The molecule has 4 unspecified atom stereocenters. The fourth-order valence-corrected chi connectivity index (χ4v) is 4.38. The van der Waals surface area contributed by atoms with Crippen molar-refractivity contribution in [3.63, 3.8) is 0 Å². The van der Waals surface area contributed by atoms with Crippen molar-refractivity contribution in [1.82, 2.24) is 15.5 Å². The number of primary amides is 1. The zero-order chi connectivity index (χ0) is 26.0. The van der Waals surface area contributed by atoms with E-state index in [1.54, 1.807) is 0 Å². The predicted molar refractivity (Wildman–Crippen MR) is 131 cm³/mol. The Labute approximate surface area is 208 Å². The van der Waals surface area contributed by atoms with E-state index in [2.05, 4.69) is 10.6 Å². The number of benzene rings is 1. The lowest BCUT2D eigenvalue weighted by Crippen LogP contribution is -2.57. The van der Waals surface area contributed by atoms with E-state index in [9.17, 15) is 29.1 Å². The minimum atomic E-state index is -1.29. The zero-order valence-corrected chi connectivity index (χ0v) is 20.5. The van der Waals surface area contributed by atoms with Gasteiger partial charge in [0.25, 0.3) is 0 Å². The lowest BCUT2D eigenvalue weighted by atomic mass is 10.0. The Bertz CT molecular complexity index is 915. The predicted octanol–water partition coefficient (Wildman–Crippen LogP) is -0.770. The van der Waals surface area contributed by atoms with Crippen LogP contribution in [0.25, 0.3) is 0 Å². The van der Waals surface area contributed by atoms with Gasteiger partial charge in [-0.1, -0.05) is 30.3 Å². The molecule has 1 saturated heterocycles. The third kappa shape index (κ3) is 8.55. The van der Waals surface area contributed by atoms with E-state index in [0.717, 1.165) is 5.56 Å². The van der Waals surface area contributed by atoms with E-state index in [-0.39, 0.29) is 19.4 Å². The van der Waals surface area contributed by atoms with Gasteiger partial charge in [0.1, 0.15) is 18.1 Å². The highest BCUT2D eigenvalue weighted by molar-refractivity contribution is 7.98. The van der Waals surface area contributed by atoms with Crippen molar-refractivity contribution < 1.29 is 29.1 Å². The van der Waals surface area contributed by atoms with Gasteiger partial charge in [-0.3, -0.25) is 19.2 Å². The van der Waals surface area contributed by atoms with Gasteiger partial charge in [-0.25, -0.2) is 4.79 Å². The highest BCUT2D eigenvalue weighted by Crippen LogP contribution is 2.20. The molecule has 0 saturated carbocycles. The third-order valence-electron chi connectivity index (χ3n) is 5.72. The van der Waals surface area contributed by atoms with Gasteiger partial charge in [-0.05, 0) is 43.3 Å². The molecule has 1 aliphatic heterocycles. The molecule has 7 N–H and O–H groups in total. The first-order chi connectivity index (χ1) is 16.6. The first-order valence-corrected chi connectivity index (χ1v) is 12.7. The molecule has 0 aliphatic carbocycles. The van der Waals surface area contributed by atoms with Crippen LogP contribution in [0.3, 0.4) is 0 Å². The first kappa shape index (κ1) is 28.1. The van der Waals surface area contributed by atoms with Crippen LogP contribution in [0.15, 0.2) is 30.3 Å². The molecule has 12 heteroatoms. The summed E-state index contributed by atoms with van der Waals surface area (Å²) in [7, 11) is 0. The van der Waals surface area contributed by atoms with Crippen LogP contribution in [-0.2, 0) is 30.4 Å². The Morgan fingerprint density at radius 3 is 2.43 bits per heavy atom. The van der Waals surface area contributed by atoms with Gasteiger partial charge in [-0.15, -0.1) is 0 Å². The van der Waals surface area contributed by atoms with Crippen LogP contribution in [-0.4, -0.2) is 82.3 Å². The fraction of sp³-hybridized carbons (Fsp3) is 0.522. The Kier molecular flexibility index (Phi) is 11.0. The molecular formula is C23H33N5O6S. The number of thioether (sulfide) groups is 1. The van der Waals surface area contributed by atoms with Crippen LogP contribution in [0.4, 0.5) is 0 Å². The van der Waals surface area contributed by atoms with Crippen LogP contribution >= 0.6 is 11.8 Å². The van der Waals surface area contributed by atoms with Crippen LogP contribution < -0.4 is 22.1 Å². The van der Waals surface area contributed by atoms with Crippen LogP contribution in [0.5, 0.6) is 0 Å². The van der Waals surface area contributed by atoms with E-state index in [1.807, 2.05) is 36.6 Å². The Morgan fingerprint density at radius 1 is 1.14 bits per heavy atom. The van der Waals surface area contributed by atoms with Gasteiger partial charge in [-0.2, -0.15) is 11.8 Å². The Morgan fingerprint density at radius 2 is 1.83 bits per heavy atom. The summed E-state index contributed by atoms with van der Waals surface area (Å²) in [5.41, 5.74) is 12.1. The van der Waals surface area contributed by atoms with Gasteiger partial charge in [0.2, 0.25) is 23.6 Å². The largest absolute Gasteiger partial charge is 0.480 e. The summed E-state index contributed by atoms with van der Waals surface area (Å²) in [5, 5.41) is 14.4. The molecule has 4 atom stereocenters. The van der Waals surface area contributed by atoms with Crippen molar-refractivity contribution in [2.24, 2.45) is 11.5 Å². The van der Waals surface area contributed by atoms with Gasteiger partial charge in [0, 0.05) is 6.54 Å². The van der Waals surface area contributed by atoms with Crippen LogP contribution in [0.2, 0.25) is 0 Å². The minimum absolute atomic E-state index is 0.223. The van der Waals surface area contributed by atoms with Gasteiger partial charge in [0.15, 0.2) is 0 Å². The van der Waals surface area contributed by atoms with Gasteiger partial charge >= 0.3 is 5.97 Å². The monoisotopic (exact) mass is 507 g/mol. The second-order valence-corrected chi connectivity index (χ2v) is 9.38. The maximum atomic E-state index is 13.3. The SMILES string of the molecule is CSCCC(NC(=O)C1CCCN1C(=O)C(CC(N)=O)NC(=O)C(N)Cc1ccccc1)C(=O)O. The lowest BCUT2D eigenvalue weighted by molar-refractivity contribution is -0.145. The summed E-state index contributed by atoms with van der Waals surface area (Å²) in [6.45, 7) is 0.223. The number of hydrogen-bond donors (Lipinski definition) is 5. The van der Waals surface area contributed by atoms with Crippen molar-refractivity contribution >= 4 is 41.4 Å². The van der Waals surface area contributed by atoms with Crippen molar-refractivity contribution in [3.8, 4) is 0 Å². The number of aliphatic carboxylic acids is 1. The molecule has 0 bridgehead atoms. The number of nitrogens with two attached hydrogens (primary N) is 2. The summed E-state index contributed by atoms with van der Waals surface area (Å²) >= 11 is 1.46. The highest BCUT2D eigenvalue weighted by Gasteiger charge is 2.39. The average molecular weight is 508 g/mol. The van der Waals surface area contributed by atoms with Crippen LogP contribution in [0, 0.1) is 0 Å². The van der Waals surface area contributed by atoms with Crippen LogP contribution in [0.1, 0.15) is 31.2 Å². The van der Waals surface area contributed by atoms with Gasteiger partial charge < -0.3 is 32.1 Å². The second kappa shape index (κ2) is 13.7. The Balaban J connectivity index is 2.09. The standard InChI is InChI=1S/C23H33N5O6S/c1-35-11-9-16(23(33)34)26-21(31)18-8-5-10-28(18)22(32)17(13-19(25)29)27-20(30)15(24)12-14-6-3-2-4-7-14/h2-4,6-7,15-18H,5,8-13,24H2,1H3,(H2,25,29)(H,26,31)(H,27,30)(H,33,34). The molecule has 1 aliphatic rings. The first-order valence-electron chi connectivity index (χ1n) is 11.3. The lowest BCUT2D eigenvalue weighted by Gasteiger charge is -2.29. The molecule has 1 fully saturated rings. The normalized spacial score (nSPS) is 17.8. The highest BCUT2D eigenvalue weighted by atomic mass is 32.2. The maximum absolute atomic E-state index is 13.3. The molecule has 1 aromatic carbocycles. The van der Waals surface area contributed by atoms with Crippen molar-refractivity contribution in [2.45, 2.75) is 56.3 Å². The molecule has 192 valence electrons. The number of carboxylic acid groups (broad SMARTS) is 1. The molecule has 11 nitrogen and oxygen atoms in total. The van der Waals surface area contributed by atoms with E-state index in [0.29, 0.717) is 18.6 Å². The fourth-order valence-electron chi connectivity index (χ4n) is 3.90. The Hall–Kier alpha value is -3.12. The number of rotatable bonds is 13. The molecule has 4 amide bonds. The molecular weight excluding hydrogens is 474 g/mol. The summed E-state index contributed by atoms with van der Waals surface area (Å²) in [6.07, 6.45) is 2.68.